The first-order valence-electron chi connectivity index (χ1n) is 8.40. The van der Waals surface area contributed by atoms with Crippen LogP contribution in [0.4, 0.5) is 32.6 Å². The zero-order chi connectivity index (χ0) is 23.8. The van der Waals surface area contributed by atoms with Crippen molar-refractivity contribution in [1.82, 2.24) is 4.98 Å². The van der Waals surface area contributed by atoms with E-state index >= 15 is 0 Å². The van der Waals surface area contributed by atoms with Crippen LogP contribution in [0.3, 0.4) is 0 Å². The van der Waals surface area contributed by atoms with Gasteiger partial charge in [0, 0.05) is 0 Å². The normalized spacial score (nSPS) is 11.8. The van der Waals surface area contributed by atoms with Crippen LogP contribution in [0.1, 0.15) is 0 Å². The second kappa shape index (κ2) is 11.9. The molecule has 2 aromatic rings. The Morgan fingerprint density at radius 3 is 1.94 bits per heavy atom. The topological polar surface area (TPSA) is 114 Å². The maximum Gasteiger partial charge on any atom is 0.413 e. The van der Waals surface area contributed by atoms with Gasteiger partial charge in [0.1, 0.15) is 24.7 Å². The molecule has 0 spiro atoms. The van der Waals surface area contributed by atoms with Crippen LogP contribution in [-0.2, 0) is 9.47 Å². The lowest BCUT2D eigenvalue weighted by Gasteiger charge is -2.14. The first-order valence-corrected chi connectivity index (χ1v) is 10.7. The van der Waals surface area contributed by atoms with Crippen molar-refractivity contribution in [3.8, 4) is 0 Å². The van der Waals surface area contributed by atoms with E-state index in [-0.39, 0.29) is 17.3 Å². The van der Waals surface area contributed by atoms with Gasteiger partial charge in [0.2, 0.25) is 7.59 Å². The molecule has 1 heterocycles. The summed E-state index contributed by atoms with van der Waals surface area (Å²) in [6.07, 6.45) is -1.94. The summed E-state index contributed by atoms with van der Waals surface area (Å²) in [6.45, 7) is -1.02. The molecule has 0 bridgehead atoms. The van der Waals surface area contributed by atoms with Gasteiger partial charge in [0.15, 0.2) is 5.82 Å². The van der Waals surface area contributed by atoms with Gasteiger partial charge in [-0.05, 0) is 24.3 Å². The number of nitrogens with one attached hydrogen (secondary N) is 2. The number of hydrogen-bond acceptors (Lipinski definition) is 7. The highest BCUT2D eigenvalue weighted by Crippen LogP contribution is 2.29. The van der Waals surface area contributed by atoms with E-state index < -0.39 is 33.0 Å². The molecule has 0 fully saturated rings. The van der Waals surface area contributed by atoms with E-state index in [1.54, 1.807) is 24.3 Å². The molecule has 0 aliphatic heterocycles. The summed E-state index contributed by atoms with van der Waals surface area (Å²) in [7, 11) is 0. The van der Waals surface area contributed by atoms with Crippen LogP contribution in [0.5, 0.6) is 0 Å². The van der Waals surface area contributed by atoms with E-state index in [9.17, 15) is 9.59 Å². The molecule has 2 amide bonds. The predicted octanol–water partition coefficient (Wildman–Crippen LogP) is 7.33. The molecule has 0 aliphatic rings. The fraction of sp³-hybridized carbons (Fsp3) is 0.235. The molecular formula is C17H13Cl6N5O4. The second-order valence-corrected chi connectivity index (χ2v) is 10.8. The van der Waals surface area contributed by atoms with E-state index in [0.717, 1.165) is 0 Å². The maximum absolute atomic E-state index is 12.1. The van der Waals surface area contributed by atoms with Crippen LogP contribution < -0.4 is 10.6 Å². The molecule has 0 aliphatic carbocycles. The molecule has 0 saturated carbocycles. The molecule has 0 unspecified atom stereocenters. The Kier molecular flexibility index (Phi) is 9.87. The Morgan fingerprint density at radius 1 is 0.812 bits per heavy atom. The van der Waals surface area contributed by atoms with Gasteiger partial charge in [-0.3, -0.25) is 10.6 Å². The summed E-state index contributed by atoms with van der Waals surface area (Å²) in [5.41, 5.74) is 0.689. The summed E-state index contributed by atoms with van der Waals surface area (Å²) < 4.78 is 5.97. The number of carbonyl (C=O) groups is 2. The summed E-state index contributed by atoms with van der Waals surface area (Å²) in [4.78, 5) is 28.0. The van der Waals surface area contributed by atoms with E-state index in [1.165, 1.54) is 12.1 Å². The molecule has 15 heteroatoms. The monoisotopic (exact) mass is 561 g/mol. The number of amides is 2. The van der Waals surface area contributed by atoms with E-state index in [1.807, 2.05) is 6.07 Å². The fourth-order valence-corrected chi connectivity index (χ4v) is 2.20. The lowest BCUT2D eigenvalue weighted by atomic mass is 10.3. The van der Waals surface area contributed by atoms with E-state index in [2.05, 4.69) is 25.8 Å². The summed E-state index contributed by atoms with van der Waals surface area (Å²) in [5, 5.41) is 12.7. The van der Waals surface area contributed by atoms with Crippen LogP contribution in [0.15, 0.2) is 52.7 Å². The van der Waals surface area contributed by atoms with Crippen molar-refractivity contribution in [3.63, 3.8) is 0 Å². The third-order valence-corrected chi connectivity index (χ3v) is 3.74. The van der Waals surface area contributed by atoms with Gasteiger partial charge >= 0.3 is 12.2 Å². The van der Waals surface area contributed by atoms with E-state index in [4.69, 9.17) is 79.1 Å². The number of anilines is 2. The molecule has 9 nitrogen and oxygen atoms in total. The smallest absolute Gasteiger partial charge is 0.413 e. The molecule has 2 rings (SSSR count). The number of carbonyl (C=O) groups excluding carboxylic acids is 2. The van der Waals surface area contributed by atoms with Gasteiger partial charge in [-0.2, -0.15) is 5.11 Å². The molecule has 0 atom stereocenters. The maximum atomic E-state index is 12.1. The third-order valence-electron chi connectivity index (χ3n) is 3.09. The number of alkyl halides is 6. The van der Waals surface area contributed by atoms with Crippen molar-refractivity contribution in [2.24, 2.45) is 10.2 Å². The predicted molar refractivity (Wildman–Crippen MR) is 125 cm³/mol. The summed E-state index contributed by atoms with van der Waals surface area (Å²) in [5.74, 6) is -0.132. The molecular weight excluding hydrogens is 551 g/mol. The zero-order valence-electron chi connectivity index (χ0n) is 15.7. The number of halogens is 6. The summed E-state index contributed by atoms with van der Waals surface area (Å²) >= 11 is 33.3. The van der Waals surface area contributed by atoms with Gasteiger partial charge in [-0.15, -0.1) is 5.11 Å². The molecule has 1 aromatic carbocycles. The van der Waals surface area contributed by atoms with Crippen molar-refractivity contribution in [3.05, 3.63) is 42.5 Å². The van der Waals surface area contributed by atoms with Gasteiger partial charge in [0.25, 0.3) is 0 Å². The fourth-order valence-electron chi connectivity index (χ4n) is 1.87. The van der Waals surface area contributed by atoms with Crippen LogP contribution in [0.2, 0.25) is 0 Å². The molecule has 2 N–H and O–H groups in total. The minimum Gasteiger partial charge on any atom is -0.445 e. The largest absolute Gasteiger partial charge is 0.445 e. The van der Waals surface area contributed by atoms with Crippen molar-refractivity contribution >= 4 is 105 Å². The highest BCUT2D eigenvalue weighted by molar-refractivity contribution is 6.68. The first-order chi connectivity index (χ1) is 14.9. The average Bonchev–Trinajstić information content (AvgIpc) is 2.70. The van der Waals surface area contributed by atoms with Crippen molar-refractivity contribution in [1.29, 1.82) is 0 Å². The Morgan fingerprint density at radius 2 is 1.38 bits per heavy atom. The number of nitrogens with zero attached hydrogens (tertiary/aromatic N) is 3. The second-order valence-electron chi connectivity index (χ2n) is 5.73. The minimum atomic E-state index is -1.81. The number of hydrogen-bond donors (Lipinski definition) is 2. The van der Waals surface area contributed by atoms with E-state index in [0.29, 0.717) is 5.69 Å². The lowest BCUT2D eigenvalue weighted by molar-refractivity contribution is 0.163. The molecule has 172 valence electrons. The van der Waals surface area contributed by atoms with Gasteiger partial charge in [0.05, 0.1) is 5.69 Å². The van der Waals surface area contributed by atoms with Crippen LogP contribution >= 0.6 is 69.6 Å². The van der Waals surface area contributed by atoms with Crippen molar-refractivity contribution in [2.75, 3.05) is 23.8 Å². The quantitative estimate of drug-likeness (QED) is 0.282. The highest BCUT2D eigenvalue weighted by atomic mass is 35.6. The standard InChI is InChI=1S/C17H13Cl6N5O4/c18-16(19,20)8-31-14(29)25-12-7-6-11(28-27-10-4-2-1-3-5-10)13(24-12)26-15(30)32-9-17(21,22)23/h1-7H,8-9H2,(H2,24,25,26,29,30)/b28-27+. The van der Waals surface area contributed by atoms with Crippen LogP contribution in [-0.4, -0.2) is 38.0 Å². The summed E-state index contributed by atoms with van der Waals surface area (Å²) in [6, 6.07) is 11.6. The van der Waals surface area contributed by atoms with Crippen LogP contribution in [0, 0.1) is 0 Å². The number of ether oxygens (including phenoxy) is 2. The zero-order valence-corrected chi connectivity index (χ0v) is 20.2. The molecule has 0 saturated heterocycles. The Hall–Kier alpha value is -1.75. The minimum absolute atomic E-state index is 0.0188. The van der Waals surface area contributed by atoms with Crippen molar-refractivity contribution in [2.45, 2.75) is 7.59 Å². The number of benzene rings is 1. The third kappa shape index (κ3) is 10.7. The Balaban J connectivity index is 2.19. The average molecular weight is 564 g/mol. The Bertz CT molecular complexity index is 966. The number of azo groups is 1. The van der Waals surface area contributed by atoms with Gasteiger partial charge < -0.3 is 9.47 Å². The number of pyridine rings is 1. The molecule has 0 radical (unpaired) electrons. The van der Waals surface area contributed by atoms with Crippen molar-refractivity contribution < 1.29 is 19.1 Å². The molecule has 1 aromatic heterocycles. The van der Waals surface area contributed by atoms with Crippen LogP contribution in [0.25, 0.3) is 0 Å². The SMILES string of the molecule is O=C(Nc1ccc(/N=N/c2ccccc2)c(NC(=O)OCC(Cl)(Cl)Cl)n1)OCC(Cl)(Cl)Cl. The highest BCUT2D eigenvalue weighted by Gasteiger charge is 2.24. The molecule has 32 heavy (non-hydrogen) atoms. The van der Waals surface area contributed by atoms with Gasteiger partial charge in [-0.1, -0.05) is 87.8 Å². The first kappa shape index (κ1) is 26.5. The lowest BCUT2D eigenvalue weighted by Crippen LogP contribution is -2.23. The number of rotatable bonds is 6. The number of aromatic nitrogens is 1. The van der Waals surface area contributed by atoms with Gasteiger partial charge in [-0.25, -0.2) is 14.6 Å². The Labute approximate surface area is 212 Å².